The minimum atomic E-state index is -0.369. The molecule has 0 unspecified atom stereocenters. The van der Waals surface area contributed by atoms with Gasteiger partial charge in [-0.05, 0) is 19.5 Å². The highest BCUT2D eigenvalue weighted by atomic mass is 16.6. The summed E-state index contributed by atoms with van der Waals surface area (Å²) in [6.07, 6.45) is 2.31. The van der Waals surface area contributed by atoms with Gasteiger partial charge < -0.3 is 19.9 Å². The number of rotatable bonds is 8. The van der Waals surface area contributed by atoms with E-state index in [0.29, 0.717) is 18.2 Å². The van der Waals surface area contributed by atoms with E-state index in [2.05, 4.69) is 32.0 Å². The summed E-state index contributed by atoms with van der Waals surface area (Å²) in [5.74, 6) is 0.728. The molecule has 0 atom stereocenters. The fourth-order valence-electron chi connectivity index (χ4n) is 3.51. The average molecular weight is 379 g/mol. The maximum absolute atomic E-state index is 11.7. The van der Waals surface area contributed by atoms with Crippen molar-refractivity contribution in [3.8, 4) is 0 Å². The lowest BCUT2D eigenvalue weighted by atomic mass is 10.3. The van der Waals surface area contributed by atoms with Gasteiger partial charge in [0, 0.05) is 45.8 Å². The smallest absolute Gasteiger partial charge is 0.353 e. The molecule has 10 nitrogen and oxygen atoms in total. The van der Waals surface area contributed by atoms with E-state index in [0.717, 1.165) is 72.0 Å². The first-order chi connectivity index (χ1) is 13.2. The van der Waals surface area contributed by atoms with Gasteiger partial charge >= 0.3 is 5.69 Å². The lowest BCUT2D eigenvalue weighted by Gasteiger charge is -2.34. The third-order valence-corrected chi connectivity index (χ3v) is 5.15. The van der Waals surface area contributed by atoms with Gasteiger partial charge in [-0.2, -0.15) is 0 Å². The molecule has 0 radical (unpaired) electrons. The van der Waals surface area contributed by atoms with Crippen LogP contribution in [0.3, 0.4) is 0 Å². The molecule has 2 saturated heterocycles. The highest BCUT2D eigenvalue weighted by Gasteiger charge is 2.28. The Morgan fingerprint density at radius 1 is 1.15 bits per heavy atom. The number of piperazine rings is 1. The van der Waals surface area contributed by atoms with Gasteiger partial charge in [0.1, 0.15) is 6.33 Å². The number of ether oxygens (including phenoxy) is 1. The minimum Gasteiger partial charge on any atom is -0.379 e. The summed E-state index contributed by atoms with van der Waals surface area (Å²) in [6, 6.07) is 0. The van der Waals surface area contributed by atoms with Crippen molar-refractivity contribution in [2.75, 3.05) is 82.3 Å². The number of morpholine rings is 1. The number of nitro groups is 1. The molecule has 2 aliphatic heterocycles. The van der Waals surface area contributed by atoms with Gasteiger partial charge in [0.15, 0.2) is 0 Å². The summed E-state index contributed by atoms with van der Waals surface area (Å²) < 4.78 is 5.35. The first-order valence-electron chi connectivity index (χ1n) is 9.69. The number of hydrogen-bond acceptors (Lipinski definition) is 9. The van der Waals surface area contributed by atoms with Gasteiger partial charge in [-0.3, -0.25) is 15.0 Å². The fraction of sp³-hybridized carbons (Fsp3) is 0.765. The molecule has 0 amide bonds. The topological polar surface area (TPSA) is 99.9 Å². The lowest BCUT2D eigenvalue weighted by Crippen LogP contribution is -2.46. The Morgan fingerprint density at radius 2 is 1.89 bits per heavy atom. The van der Waals surface area contributed by atoms with Crippen LogP contribution in [-0.2, 0) is 4.74 Å². The summed E-state index contributed by atoms with van der Waals surface area (Å²) in [4.78, 5) is 26.4. The largest absolute Gasteiger partial charge is 0.379 e. The predicted molar refractivity (Wildman–Crippen MR) is 103 cm³/mol. The number of anilines is 2. The number of nitrogens with one attached hydrogen (secondary N) is 1. The van der Waals surface area contributed by atoms with Gasteiger partial charge in [-0.15, -0.1) is 0 Å². The third kappa shape index (κ3) is 5.24. The zero-order valence-corrected chi connectivity index (χ0v) is 16.0. The van der Waals surface area contributed by atoms with Gasteiger partial charge in [0.05, 0.1) is 18.1 Å². The average Bonchev–Trinajstić information content (AvgIpc) is 2.71. The van der Waals surface area contributed by atoms with Gasteiger partial charge in [-0.25, -0.2) is 9.97 Å². The van der Waals surface area contributed by atoms with E-state index in [-0.39, 0.29) is 10.6 Å². The molecule has 3 rings (SSSR count). The normalized spacial score (nSPS) is 19.2. The maximum Gasteiger partial charge on any atom is 0.353 e. The van der Waals surface area contributed by atoms with Crippen LogP contribution >= 0.6 is 0 Å². The Hall–Kier alpha value is -2.04. The van der Waals surface area contributed by atoms with Crippen LogP contribution in [0.4, 0.5) is 17.3 Å². The van der Waals surface area contributed by atoms with Gasteiger partial charge in [0.2, 0.25) is 11.6 Å². The van der Waals surface area contributed by atoms with E-state index in [1.807, 2.05) is 4.90 Å². The van der Waals surface area contributed by atoms with Crippen LogP contribution in [0, 0.1) is 10.1 Å². The summed E-state index contributed by atoms with van der Waals surface area (Å²) in [7, 11) is 0. The molecule has 1 aromatic rings. The maximum atomic E-state index is 11.7. The second-order valence-corrected chi connectivity index (χ2v) is 6.81. The molecule has 0 aromatic carbocycles. The SMILES string of the molecule is CCN1CCN(c2ncnc(NCCCN3CCOCC3)c2[N+](=O)[O-])CC1. The molecule has 0 bridgehead atoms. The van der Waals surface area contributed by atoms with E-state index >= 15 is 0 Å². The van der Waals surface area contributed by atoms with Gasteiger partial charge in [-0.1, -0.05) is 6.92 Å². The zero-order chi connectivity index (χ0) is 19.1. The van der Waals surface area contributed by atoms with Crippen molar-refractivity contribution in [2.45, 2.75) is 13.3 Å². The quantitative estimate of drug-likeness (QED) is 0.396. The highest BCUT2D eigenvalue weighted by molar-refractivity contribution is 5.70. The Kier molecular flexibility index (Phi) is 7.13. The van der Waals surface area contributed by atoms with Crippen molar-refractivity contribution in [2.24, 2.45) is 0 Å². The molecule has 150 valence electrons. The molecule has 10 heteroatoms. The van der Waals surface area contributed by atoms with Crippen LogP contribution in [0.15, 0.2) is 6.33 Å². The van der Waals surface area contributed by atoms with E-state index in [1.165, 1.54) is 6.33 Å². The molecule has 1 N–H and O–H groups in total. The third-order valence-electron chi connectivity index (χ3n) is 5.15. The van der Waals surface area contributed by atoms with Crippen LogP contribution in [0.1, 0.15) is 13.3 Å². The molecule has 3 heterocycles. The molecule has 0 saturated carbocycles. The van der Waals surface area contributed by atoms with E-state index in [9.17, 15) is 10.1 Å². The van der Waals surface area contributed by atoms with Crippen LogP contribution in [-0.4, -0.2) is 96.8 Å². The Balaban J connectivity index is 1.60. The first kappa shape index (κ1) is 19.7. The second kappa shape index (κ2) is 9.77. The van der Waals surface area contributed by atoms with Crippen LogP contribution in [0.5, 0.6) is 0 Å². The Bertz CT molecular complexity index is 617. The van der Waals surface area contributed by atoms with Crippen LogP contribution < -0.4 is 10.2 Å². The van der Waals surface area contributed by atoms with Crippen molar-refractivity contribution in [1.29, 1.82) is 0 Å². The fourth-order valence-corrected chi connectivity index (χ4v) is 3.51. The summed E-state index contributed by atoms with van der Waals surface area (Å²) in [5, 5.41) is 14.9. The molecule has 0 aliphatic carbocycles. The standard InChI is InChI=1S/C17H29N7O3/c1-2-21-6-8-23(9-7-21)17-15(24(25)26)16(19-14-20-17)18-4-3-5-22-10-12-27-13-11-22/h14H,2-13H2,1H3,(H,18,19,20). The molecular formula is C17H29N7O3. The van der Waals surface area contributed by atoms with E-state index in [1.54, 1.807) is 0 Å². The summed E-state index contributed by atoms with van der Waals surface area (Å²) >= 11 is 0. The summed E-state index contributed by atoms with van der Waals surface area (Å²) in [6.45, 7) is 11.4. The number of hydrogen-bond donors (Lipinski definition) is 1. The number of aromatic nitrogens is 2. The number of nitrogens with zero attached hydrogens (tertiary/aromatic N) is 6. The molecule has 27 heavy (non-hydrogen) atoms. The molecular weight excluding hydrogens is 350 g/mol. The number of likely N-dealkylation sites (N-methyl/N-ethyl adjacent to an activating group) is 1. The Labute approximate surface area is 159 Å². The van der Waals surface area contributed by atoms with Crippen molar-refractivity contribution in [3.63, 3.8) is 0 Å². The highest BCUT2D eigenvalue weighted by Crippen LogP contribution is 2.32. The lowest BCUT2D eigenvalue weighted by molar-refractivity contribution is -0.383. The van der Waals surface area contributed by atoms with Crippen LogP contribution in [0.25, 0.3) is 0 Å². The minimum absolute atomic E-state index is 0.0196. The zero-order valence-electron chi connectivity index (χ0n) is 16.0. The monoisotopic (exact) mass is 379 g/mol. The first-order valence-corrected chi connectivity index (χ1v) is 9.69. The van der Waals surface area contributed by atoms with Crippen molar-refractivity contribution in [1.82, 2.24) is 19.8 Å². The molecule has 0 spiro atoms. The predicted octanol–water partition coefficient (Wildman–Crippen LogP) is 0.661. The summed E-state index contributed by atoms with van der Waals surface area (Å²) in [5.41, 5.74) is -0.0196. The second-order valence-electron chi connectivity index (χ2n) is 6.81. The Morgan fingerprint density at radius 3 is 2.56 bits per heavy atom. The van der Waals surface area contributed by atoms with E-state index < -0.39 is 0 Å². The molecule has 2 fully saturated rings. The molecule has 1 aromatic heterocycles. The van der Waals surface area contributed by atoms with Crippen molar-refractivity contribution in [3.05, 3.63) is 16.4 Å². The molecule has 2 aliphatic rings. The van der Waals surface area contributed by atoms with Gasteiger partial charge in [0.25, 0.3) is 0 Å². The van der Waals surface area contributed by atoms with Crippen LogP contribution in [0.2, 0.25) is 0 Å². The van der Waals surface area contributed by atoms with E-state index in [4.69, 9.17) is 4.74 Å². The van der Waals surface area contributed by atoms with Crippen molar-refractivity contribution < 1.29 is 9.66 Å². The van der Waals surface area contributed by atoms with Crippen molar-refractivity contribution >= 4 is 17.3 Å².